The first-order valence-corrected chi connectivity index (χ1v) is 6.15. The number of amides is 1. The highest BCUT2D eigenvalue weighted by molar-refractivity contribution is 5.91. The predicted octanol–water partition coefficient (Wildman–Crippen LogP) is 0.576. The molecule has 5 N–H and O–H groups in total. The largest absolute Gasteiger partial charge is 0.508 e. The van der Waals surface area contributed by atoms with Crippen LogP contribution in [0, 0.1) is 5.92 Å². The number of nitrogens with zero attached hydrogens (tertiary/aromatic N) is 1. The number of carbonyl (C=O) groups excluding carboxylic acids is 1. The Labute approximate surface area is 110 Å². The van der Waals surface area contributed by atoms with E-state index in [4.69, 9.17) is 10.9 Å². The number of nitrogens with one attached hydrogen (secondary N) is 1. The molecule has 1 saturated carbocycles. The molecule has 1 aliphatic rings. The van der Waals surface area contributed by atoms with E-state index in [2.05, 4.69) is 10.5 Å². The van der Waals surface area contributed by atoms with Gasteiger partial charge in [-0.05, 0) is 36.5 Å². The summed E-state index contributed by atoms with van der Waals surface area (Å²) in [4.78, 5) is 11.9. The minimum Gasteiger partial charge on any atom is -0.508 e. The molecular formula is C13H17N3O3. The van der Waals surface area contributed by atoms with Gasteiger partial charge in [-0.2, -0.15) is 0 Å². The van der Waals surface area contributed by atoms with Crippen molar-refractivity contribution in [2.75, 3.05) is 0 Å². The summed E-state index contributed by atoms with van der Waals surface area (Å²) in [5.74, 6) is 0.199. The zero-order valence-electron chi connectivity index (χ0n) is 10.4. The SMILES string of the molecule is NC(=NO)C(NC(=O)Cc1cccc(O)c1)C1CC1. The standard InChI is InChI=1S/C13H17N3O3/c14-13(16-19)12(9-4-5-9)15-11(18)7-8-2-1-3-10(17)6-8/h1-3,6,9,12,17,19H,4-5,7H2,(H2,14,16)(H,15,18). The monoisotopic (exact) mass is 263 g/mol. The van der Waals surface area contributed by atoms with Crippen molar-refractivity contribution in [3.8, 4) is 5.75 Å². The summed E-state index contributed by atoms with van der Waals surface area (Å²) in [5, 5.41) is 23.8. The van der Waals surface area contributed by atoms with Crippen LogP contribution < -0.4 is 11.1 Å². The number of rotatable bonds is 5. The Morgan fingerprint density at radius 3 is 2.84 bits per heavy atom. The second-order valence-electron chi connectivity index (χ2n) is 4.75. The molecule has 1 aromatic carbocycles. The number of aromatic hydroxyl groups is 1. The van der Waals surface area contributed by atoms with Crippen LogP contribution in [0.15, 0.2) is 29.4 Å². The van der Waals surface area contributed by atoms with Crippen LogP contribution in [0.2, 0.25) is 0 Å². The molecule has 0 heterocycles. The zero-order chi connectivity index (χ0) is 13.8. The van der Waals surface area contributed by atoms with Gasteiger partial charge in [-0.1, -0.05) is 17.3 Å². The first kappa shape index (κ1) is 13.2. The van der Waals surface area contributed by atoms with Gasteiger partial charge >= 0.3 is 0 Å². The Morgan fingerprint density at radius 1 is 1.53 bits per heavy atom. The fourth-order valence-corrected chi connectivity index (χ4v) is 2.00. The Hall–Kier alpha value is -2.24. The maximum Gasteiger partial charge on any atom is 0.225 e. The molecule has 1 unspecified atom stereocenters. The molecule has 2 rings (SSSR count). The van der Waals surface area contributed by atoms with Gasteiger partial charge in [0.25, 0.3) is 0 Å². The van der Waals surface area contributed by atoms with Crippen LogP contribution >= 0.6 is 0 Å². The van der Waals surface area contributed by atoms with Gasteiger partial charge in [0, 0.05) is 0 Å². The van der Waals surface area contributed by atoms with Crippen LogP contribution in [0.4, 0.5) is 0 Å². The Bertz CT molecular complexity index is 498. The highest BCUT2D eigenvalue weighted by Crippen LogP contribution is 2.32. The van der Waals surface area contributed by atoms with E-state index >= 15 is 0 Å². The molecule has 1 amide bonds. The molecule has 19 heavy (non-hydrogen) atoms. The van der Waals surface area contributed by atoms with Crippen LogP contribution in [-0.2, 0) is 11.2 Å². The lowest BCUT2D eigenvalue weighted by molar-refractivity contribution is -0.120. The topological polar surface area (TPSA) is 108 Å². The fraction of sp³-hybridized carbons (Fsp3) is 0.385. The summed E-state index contributed by atoms with van der Waals surface area (Å²) in [6.45, 7) is 0. The quantitative estimate of drug-likeness (QED) is 0.269. The second kappa shape index (κ2) is 5.60. The molecule has 0 radical (unpaired) electrons. The summed E-state index contributed by atoms with van der Waals surface area (Å²) < 4.78 is 0. The van der Waals surface area contributed by atoms with Gasteiger partial charge in [-0.15, -0.1) is 0 Å². The normalized spacial score (nSPS) is 16.9. The molecule has 102 valence electrons. The van der Waals surface area contributed by atoms with E-state index in [0.717, 1.165) is 12.8 Å². The predicted molar refractivity (Wildman–Crippen MR) is 69.9 cm³/mol. The molecule has 1 fully saturated rings. The average Bonchev–Trinajstić information content (AvgIpc) is 3.19. The van der Waals surface area contributed by atoms with Gasteiger partial charge in [-0.3, -0.25) is 4.79 Å². The molecule has 0 saturated heterocycles. The van der Waals surface area contributed by atoms with E-state index in [1.165, 1.54) is 6.07 Å². The van der Waals surface area contributed by atoms with Crippen molar-refractivity contribution in [2.24, 2.45) is 16.8 Å². The number of phenols is 1. The second-order valence-corrected chi connectivity index (χ2v) is 4.75. The van der Waals surface area contributed by atoms with Crippen LogP contribution in [0.1, 0.15) is 18.4 Å². The average molecular weight is 263 g/mol. The van der Waals surface area contributed by atoms with E-state index in [1.807, 2.05) is 0 Å². The summed E-state index contributed by atoms with van der Waals surface area (Å²) in [5.41, 5.74) is 6.28. The van der Waals surface area contributed by atoms with E-state index in [-0.39, 0.29) is 29.8 Å². The van der Waals surface area contributed by atoms with Gasteiger partial charge in [0.1, 0.15) is 5.75 Å². The smallest absolute Gasteiger partial charge is 0.225 e. The molecule has 6 heteroatoms. The first-order chi connectivity index (χ1) is 9.10. The number of nitrogens with two attached hydrogens (primary N) is 1. The first-order valence-electron chi connectivity index (χ1n) is 6.15. The molecule has 1 aliphatic carbocycles. The van der Waals surface area contributed by atoms with Gasteiger partial charge in [0.2, 0.25) is 5.91 Å². The molecule has 1 aromatic rings. The third-order valence-corrected chi connectivity index (χ3v) is 3.12. The van der Waals surface area contributed by atoms with Crippen molar-refractivity contribution in [3.05, 3.63) is 29.8 Å². The summed E-state index contributed by atoms with van der Waals surface area (Å²) in [7, 11) is 0. The maximum atomic E-state index is 11.9. The number of hydrogen-bond acceptors (Lipinski definition) is 4. The minimum atomic E-state index is -0.408. The molecule has 6 nitrogen and oxygen atoms in total. The van der Waals surface area contributed by atoms with Gasteiger partial charge < -0.3 is 21.4 Å². The minimum absolute atomic E-state index is 0.0340. The van der Waals surface area contributed by atoms with Crippen LogP contribution in [-0.4, -0.2) is 28.1 Å². The van der Waals surface area contributed by atoms with Gasteiger partial charge in [-0.25, -0.2) is 0 Å². The zero-order valence-corrected chi connectivity index (χ0v) is 10.4. The van der Waals surface area contributed by atoms with Crippen molar-refractivity contribution in [1.29, 1.82) is 0 Å². The number of hydrogen-bond donors (Lipinski definition) is 4. The van der Waals surface area contributed by atoms with Crippen LogP contribution in [0.3, 0.4) is 0 Å². The Balaban J connectivity index is 1.96. The lowest BCUT2D eigenvalue weighted by Crippen LogP contribution is -2.46. The lowest BCUT2D eigenvalue weighted by Gasteiger charge is -2.16. The van der Waals surface area contributed by atoms with Crippen molar-refractivity contribution in [2.45, 2.75) is 25.3 Å². The van der Waals surface area contributed by atoms with Crippen molar-refractivity contribution >= 4 is 11.7 Å². The number of oxime groups is 1. The van der Waals surface area contributed by atoms with Crippen LogP contribution in [0.25, 0.3) is 0 Å². The van der Waals surface area contributed by atoms with Gasteiger partial charge in [0.15, 0.2) is 5.84 Å². The Morgan fingerprint density at radius 2 is 2.26 bits per heavy atom. The van der Waals surface area contributed by atoms with E-state index < -0.39 is 6.04 Å². The third-order valence-electron chi connectivity index (χ3n) is 3.12. The summed E-state index contributed by atoms with van der Waals surface area (Å²) in [6.07, 6.45) is 2.08. The molecule has 0 spiro atoms. The van der Waals surface area contributed by atoms with Crippen molar-refractivity contribution in [1.82, 2.24) is 5.32 Å². The van der Waals surface area contributed by atoms with Crippen LogP contribution in [0.5, 0.6) is 5.75 Å². The number of carbonyl (C=O) groups is 1. The third kappa shape index (κ3) is 3.61. The molecule has 0 bridgehead atoms. The maximum absolute atomic E-state index is 11.9. The van der Waals surface area contributed by atoms with E-state index in [1.54, 1.807) is 18.2 Å². The lowest BCUT2D eigenvalue weighted by atomic mass is 10.1. The molecule has 0 aromatic heterocycles. The van der Waals surface area contributed by atoms with E-state index in [9.17, 15) is 9.90 Å². The molecule has 1 atom stereocenters. The number of phenolic OH excluding ortho intramolecular Hbond substituents is 1. The highest BCUT2D eigenvalue weighted by atomic mass is 16.4. The molecule has 0 aliphatic heterocycles. The summed E-state index contributed by atoms with van der Waals surface area (Å²) in [6, 6.07) is 6.12. The fourth-order valence-electron chi connectivity index (χ4n) is 2.00. The number of amidine groups is 1. The highest BCUT2D eigenvalue weighted by Gasteiger charge is 2.35. The van der Waals surface area contributed by atoms with E-state index in [0.29, 0.717) is 5.56 Å². The van der Waals surface area contributed by atoms with Crippen molar-refractivity contribution < 1.29 is 15.1 Å². The summed E-state index contributed by atoms with van der Waals surface area (Å²) >= 11 is 0. The van der Waals surface area contributed by atoms with Crippen molar-refractivity contribution in [3.63, 3.8) is 0 Å². The molecular weight excluding hydrogens is 246 g/mol. The Kier molecular flexibility index (Phi) is 3.89. The van der Waals surface area contributed by atoms with Gasteiger partial charge in [0.05, 0.1) is 12.5 Å². The number of benzene rings is 1.